The standard InChI is InChI=1S/C24H25N3O2/c1-2-29-24(28)23-19(12-13-25-23)16-27(15-18-8-4-3-5-9-18)17-20-14-26-22-11-7-6-10-21(20)22/h3-14,25-26H,2,15-17H2,1H3. The van der Waals surface area contributed by atoms with Gasteiger partial charge >= 0.3 is 5.97 Å². The molecule has 0 saturated carbocycles. The van der Waals surface area contributed by atoms with Crippen LogP contribution < -0.4 is 0 Å². The molecule has 0 aliphatic carbocycles. The lowest BCUT2D eigenvalue weighted by Gasteiger charge is -2.22. The summed E-state index contributed by atoms with van der Waals surface area (Å²) in [5, 5.41) is 1.23. The van der Waals surface area contributed by atoms with E-state index in [1.165, 1.54) is 16.5 Å². The average molecular weight is 387 g/mol. The van der Waals surface area contributed by atoms with Gasteiger partial charge in [0, 0.05) is 42.9 Å². The molecule has 4 rings (SSSR count). The van der Waals surface area contributed by atoms with Crippen molar-refractivity contribution in [3.05, 3.63) is 95.4 Å². The zero-order valence-electron chi connectivity index (χ0n) is 16.5. The predicted molar refractivity (Wildman–Crippen MR) is 114 cm³/mol. The van der Waals surface area contributed by atoms with Crippen molar-refractivity contribution in [3.63, 3.8) is 0 Å². The Bertz CT molecular complexity index is 1080. The molecule has 0 bridgehead atoms. The summed E-state index contributed by atoms with van der Waals surface area (Å²) in [7, 11) is 0. The number of benzene rings is 2. The number of carbonyl (C=O) groups is 1. The fourth-order valence-corrected chi connectivity index (χ4v) is 3.68. The Balaban J connectivity index is 1.61. The molecule has 2 aromatic heterocycles. The Hall–Kier alpha value is -3.31. The molecule has 0 aliphatic rings. The SMILES string of the molecule is CCOC(=O)c1[nH]ccc1CN(Cc1ccccc1)Cc1c[nH]c2ccccc12. The third-order valence-electron chi connectivity index (χ3n) is 5.02. The summed E-state index contributed by atoms with van der Waals surface area (Å²) in [6.07, 6.45) is 3.88. The number of aromatic nitrogens is 2. The van der Waals surface area contributed by atoms with Crippen LogP contribution in [-0.4, -0.2) is 27.4 Å². The van der Waals surface area contributed by atoms with Gasteiger partial charge in [-0.05, 0) is 35.7 Å². The average Bonchev–Trinajstić information content (AvgIpc) is 3.36. The summed E-state index contributed by atoms with van der Waals surface area (Å²) >= 11 is 0. The van der Waals surface area contributed by atoms with Crippen LogP contribution in [0.2, 0.25) is 0 Å². The monoisotopic (exact) mass is 387 g/mol. The summed E-state index contributed by atoms with van der Waals surface area (Å²) in [4.78, 5) is 21.0. The van der Waals surface area contributed by atoms with Gasteiger partial charge in [0.2, 0.25) is 0 Å². The zero-order valence-corrected chi connectivity index (χ0v) is 16.5. The number of esters is 1. The number of carbonyl (C=O) groups excluding carboxylic acids is 1. The van der Waals surface area contributed by atoms with Crippen LogP contribution >= 0.6 is 0 Å². The summed E-state index contributed by atoms with van der Waals surface area (Å²) in [6, 6.07) is 20.7. The lowest BCUT2D eigenvalue weighted by atomic mass is 10.1. The number of nitrogens with one attached hydrogen (secondary N) is 2. The third-order valence-corrected chi connectivity index (χ3v) is 5.02. The van der Waals surface area contributed by atoms with Crippen LogP contribution in [-0.2, 0) is 24.4 Å². The van der Waals surface area contributed by atoms with E-state index >= 15 is 0 Å². The second kappa shape index (κ2) is 8.80. The Labute approximate surface area is 170 Å². The largest absolute Gasteiger partial charge is 0.461 e. The number of fused-ring (bicyclic) bond motifs is 1. The molecule has 29 heavy (non-hydrogen) atoms. The molecule has 2 heterocycles. The van der Waals surface area contributed by atoms with E-state index in [1.54, 1.807) is 6.20 Å². The first-order valence-corrected chi connectivity index (χ1v) is 9.89. The van der Waals surface area contributed by atoms with Crippen molar-refractivity contribution in [3.8, 4) is 0 Å². The molecular formula is C24H25N3O2. The van der Waals surface area contributed by atoms with Crippen LogP contribution in [0.3, 0.4) is 0 Å². The second-order valence-electron chi connectivity index (χ2n) is 7.09. The number of aromatic amines is 2. The zero-order chi connectivity index (χ0) is 20.1. The van der Waals surface area contributed by atoms with Crippen LogP contribution in [0.15, 0.2) is 73.1 Å². The van der Waals surface area contributed by atoms with E-state index in [0.717, 1.165) is 24.2 Å². The first-order valence-electron chi connectivity index (χ1n) is 9.89. The highest BCUT2D eigenvalue weighted by atomic mass is 16.5. The van der Waals surface area contributed by atoms with E-state index in [2.05, 4.69) is 63.5 Å². The normalized spacial score (nSPS) is 11.2. The van der Waals surface area contributed by atoms with E-state index < -0.39 is 0 Å². The maximum Gasteiger partial charge on any atom is 0.355 e. The number of nitrogens with zero attached hydrogens (tertiary/aromatic N) is 1. The van der Waals surface area contributed by atoms with Crippen LogP contribution in [0, 0.1) is 0 Å². The number of rotatable bonds is 8. The van der Waals surface area contributed by atoms with Gasteiger partial charge in [-0.15, -0.1) is 0 Å². The summed E-state index contributed by atoms with van der Waals surface area (Å²) in [6.45, 7) is 4.38. The summed E-state index contributed by atoms with van der Waals surface area (Å²) < 4.78 is 5.20. The van der Waals surface area contributed by atoms with Gasteiger partial charge in [-0.1, -0.05) is 48.5 Å². The van der Waals surface area contributed by atoms with Gasteiger partial charge in [0.1, 0.15) is 5.69 Å². The molecule has 0 fully saturated rings. The number of hydrogen-bond donors (Lipinski definition) is 2. The van der Waals surface area contributed by atoms with Crippen LogP contribution in [0.25, 0.3) is 10.9 Å². The molecule has 4 aromatic rings. The van der Waals surface area contributed by atoms with E-state index in [-0.39, 0.29) is 5.97 Å². The molecule has 0 unspecified atom stereocenters. The van der Waals surface area contributed by atoms with Crippen molar-refractivity contribution in [2.45, 2.75) is 26.6 Å². The molecule has 5 nitrogen and oxygen atoms in total. The molecule has 0 atom stereocenters. The van der Waals surface area contributed by atoms with Crippen molar-refractivity contribution < 1.29 is 9.53 Å². The number of hydrogen-bond acceptors (Lipinski definition) is 3. The predicted octanol–water partition coefficient (Wildman–Crippen LogP) is 4.88. The van der Waals surface area contributed by atoms with Gasteiger partial charge < -0.3 is 14.7 Å². The minimum absolute atomic E-state index is 0.306. The van der Waals surface area contributed by atoms with Gasteiger partial charge in [0.15, 0.2) is 0 Å². The quantitative estimate of drug-likeness (QED) is 0.424. The molecule has 0 aliphatic heterocycles. The van der Waals surface area contributed by atoms with Crippen molar-refractivity contribution in [1.29, 1.82) is 0 Å². The highest BCUT2D eigenvalue weighted by Crippen LogP contribution is 2.22. The van der Waals surface area contributed by atoms with Crippen LogP contribution in [0.4, 0.5) is 0 Å². The number of H-pyrrole nitrogens is 2. The molecular weight excluding hydrogens is 362 g/mol. The lowest BCUT2D eigenvalue weighted by molar-refractivity contribution is 0.0517. The lowest BCUT2D eigenvalue weighted by Crippen LogP contribution is -2.23. The maximum atomic E-state index is 12.3. The Kier molecular flexibility index (Phi) is 5.77. The van der Waals surface area contributed by atoms with E-state index in [1.807, 2.05) is 25.1 Å². The first kappa shape index (κ1) is 19.0. The minimum Gasteiger partial charge on any atom is -0.461 e. The third kappa shape index (κ3) is 4.41. The topological polar surface area (TPSA) is 61.1 Å². The number of para-hydroxylation sites is 1. The fourth-order valence-electron chi connectivity index (χ4n) is 3.68. The summed E-state index contributed by atoms with van der Waals surface area (Å²) in [5.41, 5.74) is 5.09. The molecule has 5 heteroatoms. The van der Waals surface area contributed by atoms with Gasteiger partial charge in [-0.3, -0.25) is 4.90 Å². The smallest absolute Gasteiger partial charge is 0.355 e. The molecule has 2 aromatic carbocycles. The fraction of sp³-hybridized carbons (Fsp3) is 0.208. The van der Waals surface area contributed by atoms with Crippen molar-refractivity contribution in [2.75, 3.05) is 6.61 Å². The van der Waals surface area contributed by atoms with Crippen molar-refractivity contribution >= 4 is 16.9 Å². The molecule has 0 radical (unpaired) electrons. The van der Waals surface area contributed by atoms with Gasteiger partial charge in [-0.25, -0.2) is 4.79 Å². The van der Waals surface area contributed by atoms with E-state index in [0.29, 0.717) is 18.8 Å². The first-order chi connectivity index (χ1) is 14.2. The second-order valence-corrected chi connectivity index (χ2v) is 7.09. The van der Waals surface area contributed by atoms with E-state index in [9.17, 15) is 4.79 Å². The Morgan fingerprint density at radius 1 is 0.897 bits per heavy atom. The van der Waals surface area contributed by atoms with Crippen LogP contribution in [0.1, 0.15) is 34.1 Å². The summed E-state index contributed by atoms with van der Waals surface area (Å²) in [5.74, 6) is -0.306. The molecule has 148 valence electrons. The van der Waals surface area contributed by atoms with E-state index in [4.69, 9.17) is 4.74 Å². The minimum atomic E-state index is -0.306. The molecule has 0 saturated heterocycles. The van der Waals surface area contributed by atoms with Gasteiger partial charge in [0.25, 0.3) is 0 Å². The van der Waals surface area contributed by atoms with Crippen LogP contribution in [0.5, 0.6) is 0 Å². The van der Waals surface area contributed by atoms with Gasteiger partial charge in [-0.2, -0.15) is 0 Å². The highest BCUT2D eigenvalue weighted by Gasteiger charge is 2.18. The Morgan fingerprint density at radius 2 is 1.66 bits per heavy atom. The molecule has 0 amide bonds. The number of ether oxygens (including phenoxy) is 1. The van der Waals surface area contributed by atoms with Gasteiger partial charge in [0.05, 0.1) is 6.61 Å². The van der Waals surface area contributed by atoms with Crippen molar-refractivity contribution in [1.82, 2.24) is 14.9 Å². The molecule has 2 N–H and O–H groups in total. The maximum absolute atomic E-state index is 12.3. The highest BCUT2D eigenvalue weighted by molar-refractivity contribution is 5.89. The Morgan fingerprint density at radius 3 is 2.48 bits per heavy atom. The molecule has 0 spiro atoms. The van der Waals surface area contributed by atoms with Crippen molar-refractivity contribution in [2.24, 2.45) is 0 Å².